The van der Waals surface area contributed by atoms with Gasteiger partial charge in [-0.05, 0) is 39.8 Å². The van der Waals surface area contributed by atoms with Crippen LogP contribution in [0.2, 0.25) is 0 Å². The molecule has 0 bridgehead atoms. The summed E-state index contributed by atoms with van der Waals surface area (Å²) in [5, 5.41) is 10.0. The molecule has 0 spiro atoms. The van der Waals surface area contributed by atoms with Gasteiger partial charge in [0.1, 0.15) is 4.88 Å². The molecule has 0 atom stereocenters. The van der Waals surface area contributed by atoms with Crippen LogP contribution in [-0.2, 0) is 6.42 Å². The molecule has 6 heteroatoms. The van der Waals surface area contributed by atoms with E-state index in [4.69, 9.17) is 0 Å². The number of hydrogen-bond donors (Lipinski definition) is 1. The summed E-state index contributed by atoms with van der Waals surface area (Å²) in [5.41, 5.74) is 0.910. The Hall–Kier alpha value is -1.14. The molecule has 5 nitrogen and oxygen atoms in total. The van der Waals surface area contributed by atoms with Crippen molar-refractivity contribution >= 4 is 22.4 Å². The van der Waals surface area contributed by atoms with Crippen LogP contribution in [0.4, 0.5) is 5.13 Å². The summed E-state index contributed by atoms with van der Waals surface area (Å²) in [5.74, 6) is -0.870. The van der Waals surface area contributed by atoms with Gasteiger partial charge < -0.3 is 14.9 Å². The van der Waals surface area contributed by atoms with Crippen molar-refractivity contribution in [3.8, 4) is 0 Å². The van der Waals surface area contributed by atoms with Gasteiger partial charge in [0.2, 0.25) is 0 Å². The zero-order chi connectivity index (χ0) is 14.9. The molecule has 0 saturated heterocycles. The largest absolute Gasteiger partial charge is 0.477 e. The lowest BCUT2D eigenvalue weighted by molar-refractivity contribution is 0.0683. The Bertz CT molecular complexity index is 495. The van der Waals surface area contributed by atoms with Crippen molar-refractivity contribution in [3.63, 3.8) is 0 Å². The first-order valence-electron chi connectivity index (χ1n) is 7.01. The fourth-order valence-electron chi connectivity index (χ4n) is 2.75. The van der Waals surface area contributed by atoms with Crippen molar-refractivity contribution in [2.75, 3.05) is 32.6 Å². The highest BCUT2D eigenvalue weighted by Crippen LogP contribution is 2.38. The summed E-state index contributed by atoms with van der Waals surface area (Å²) in [7, 11) is 6.25. The molecule has 20 heavy (non-hydrogen) atoms. The molecule has 1 aromatic rings. The molecular formula is C14H23N3O2S. The van der Waals surface area contributed by atoms with Gasteiger partial charge in [-0.1, -0.05) is 18.3 Å². The van der Waals surface area contributed by atoms with Crippen molar-refractivity contribution in [3.05, 3.63) is 10.6 Å². The standard InChI is InChI=1S/C14H23N3O2S/c1-5-10-11(12(18)19)20-13(15-10)17(4)9-14(16(2)3)7-6-8-14/h5-9H2,1-4H3,(H,18,19). The molecule has 1 aromatic heterocycles. The Morgan fingerprint density at radius 1 is 1.40 bits per heavy atom. The third kappa shape index (κ3) is 2.67. The van der Waals surface area contributed by atoms with E-state index in [1.807, 2.05) is 14.0 Å². The first-order valence-corrected chi connectivity index (χ1v) is 7.83. The summed E-state index contributed by atoms with van der Waals surface area (Å²) >= 11 is 1.28. The molecule has 0 radical (unpaired) electrons. The van der Waals surface area contributed by atoms with Crippen LogP contribution in [0, 0.1) is 0 Å². The van der Waals surface area contributed by atoms with Crippen LogP contribution in [0.5, 0.6) is 0 Å². The van der Waals surface area contributed by atoms with Gasteiger partial charge >= 0.3 is 5.97 Å². The van der Waals surface area contributed by atoms with Crippen LogP contribution in [0.25, 0.3) is 0 Å². The van der Waals surface area contributed by atoms with E-state index in [0.717, 1.165) is 11.7 Å². The highest BCUT2D eigenvalue weighted by molar-refractivity contribution is 7.17. The number of thiazole rings is 1. The minimum absolute atomic E-state index is 0.218. The van der Waals surface area contributed by atoms with Crippen LogP contribution in [0.15, 0.2) is 0 Å². The average Bonchev–Trinajstić information content (AvgIpc) is 2.77. The van der Waals surface area contributed by atoms with E-state index >= 15 is 0 Å². The van der Waals surface area contributed by atoms with Crippen LogP contribution in [-0.4, -0.2) is 54.2 Å². The first-order chi connectivity index (χ1) is 9.39. The maximum Gasteiger partial charge on any atom is 0.347 e. The molecule has 1 fully saturated rings. The van der Waals surface area contributed by atoms with Crippen LogP contribution in [0.1, 0.15) is 41.6 Å². The normalized spacial score (nSPS) is 17.1. The van der Waals surface area contributed by atoms with Gasteiger partial charge in [0.15, 0.2) is 5.13 Å². The molecule has 1 N–H and O–H groups in total. The summed E-state index contributed by atoms with van der Waals surface area (Å²) in [6, 6.07) is 0. The molecular weight excluding hydrogens is 274 g/mol. The molecule has 1 heterocycles. The Labute approximate surface area is 124 Å². The van der Waals surface area contributed by atoms with Crippen molar-refractivity contribution in [2.45, 2.75) is 38.1 Å². The van der Waals surface area contributed by atoms with Gasteiger partial charge in [0.25, 0.3) is 0 Å². The lowest BCUT2D eigenvalue weighted by Crippen LogP contribution is -2.56. The van der Waals surface area contributed by atoms with E-state index in [1.165, 1.54) is 30.6 Å². The number of aromatic carboxylic acids is 1. The molecule has 1 saturated carbocycles. The maximum atomic E-state index is 11.2. The lowest BCUT2D eigenvalue weighted by atomic mass is 9.75. The number of carboxylic acid groups (broad SMARTS) is 1. The van der Waals surface area contributed by atoms with Crippen molar-refractivity contribution < 1.29 is 9.90 Å². The Balaban J connectivity index is 2.17. The molecule has 112 valence electrons. The second kappa shape index (κ2) is 5.69. The smallest absolute Gasteiger partial charge is 0.347 e. The number of likely N-dealkylation sites (N-methyl/N-ethyl adjacent to an activating group) is 2. The number of carboxylic acids is 1. The fraction of sp³-hybridized carbons (Fsp3) is 0.714. The highest BCUT2D eigenvalue weighted by atomic mass is 32.1. The fourth-order valence-corrected chi connectivity index (χ4v) is 3.70. The van der Waals surface area contributed by atoms with E-state index in [1.54, 1.807) is 0 Å². The van der Waals surface area contributed by atoms with Crippen molar-refractivity contribution in [1.82, 2.24) is 9.88 Å². The molecule has 1 aliphatic rings. The predicted molar refractivity (Wildman–Crippen MR) is 82.0 cm³/mol. The number of carbonyl (C=O) groups is 1. The quantitative estimate of drug-likeness (QED) is 0.873. The number of anilines is 1. The van der Waals surface area contributed by atoms with Gasteiger partial charge in [0.05, 0.1) is 5.69 Å². The molecule has 1 aliphatic carbocycles. The second-order valence-corrected chi connectivity index (χ2v) is 6.74. The van der Waals surface area contributed by atoms with Gasteiger partial charge in [-0.15, -0.1) is 0 Å². The topological polar surface area (TPSA) is 56.7 Å². The number of rotatable bonds is 6. The second-order valence-electron chi connectivity index (χ2n) is 5.76. The van der Waals surface area contributed by atoms with E-state index in [-0.39, 0.29) is 5.54 Å². The Morgan fingerprint density at radius 3 is 2.40 bits per heavy atom. The number of hydrogen-bond acceptors (Lipinski definition) is 5. The lowest BCUT2D eigenvalue weighted by Gasteiger charge is -2.49. The first kappa shape index (κ1) is 15.3. The Kier molecular flexibility index (Phi) is 4.34. The van der Waals surface area contributed by atoms with E-state index in [9.17, 15) is 9.90 Å². The van der Waals surface area contributed by atoms with Crippen LogP contribution < -0.4 is 4.90 Å². The SMILES string of the molecule is CCc1nc(N(C)CC2(N(C)C)CCC2)sc1C(=O)O. The maximum absolute atomic E-state index is 11.2. The highest BCUT2D eigenvalue weighted by Gasteiger charge is 2.40. The third-order valence-electron chi connectivity index (χ3n) is 4.31. The predicted octanol–water partition coefficient (Wildman–Crippen LogP) is 2.32. The molecule has 2 rings (SSSR count). The number of aryl methyl sites for hydroxylation is 1. The minimum Gasteiger partial charge on any atom is -0.477 e. The molecule has 0 amide bonds. The zero-order valence-electron chi connectivity index (χ0n) is 12.6. The molecule has 0 unspecified atom stereocenters. The third-order valence-corrected chi connectivity index (χ3v) is 5.51. The minimum atomic E-state index is -0.870. The van der Waals surface area contributed by atoms with Crippen LogP contribution in [0.3, 0.4) is 0 Å². The van der Waals surface area contributed by atoms with E-state index in [2.05, 4.69) is 28.9 Å². The monoisotopic (exact) mass is 297 g/mol. The summed E-state index contributed by atoms with van der Waals surface area (Å²) < 4.78 is 0. The van der Waals surface area contributed by atoms with E-state index < -0.39 is 5.97 Å². The van der Waals surface area contributed by atoms with Crippen LogP contribution >= 0.6 is 11.3 Å². The number of nitrogens with zero attached hydrogens (tertiary/aromatic N) is 3. The average molecular weight is 297 g/mol. The van der Waals surface area contributed by atoms with Gasteiger partial charge in [-0.3, -0.25) is 0 Å². The van der Waals surface area contributed by atoms with E-state index in [0.29, 0.717) is 17.0 Å². The molecule has 0 aliphatic heterocycles. The van der Waals surface area contributed by atoms with Crippen molar-refractivity contribution in [2.24, 2.45) is 0 Å². The molecule has 0 aromatic carbocycles. The number of aromatic nitrogens is 1. The summed E-state index contributed by atoms with van der Waals surface area (Å²) in [4.78, 5) is 20.5. The Morgan fingerprint density at radius 2 is 2.05 bits per heavy atom. The van der Waals surface area contributed by atoms with Gasteiger partial charge in [-0.25, -0.2) is 9.78 Å². The zero-order valence-corrected chi connectivity index (χ0v) is 13.5. The van der Waals surface area contributed by atoms with Gasteiger partial charge in [0, 0.05) is 19.1 Å². The summed E-state index contributed by atoms with van der Waals surface area (Å²) in [6.07, 6.45) is 4.32. The van der Waals surface area contributed by atoms with Gasteiger partial charge in [-0.2, -0.15) is 0 Å². The van der Waals surface area contributed by atoms with Crippen molar-refractivity contribution in [1.29, 1.82) is 0 Å². The summed E-state index contributed by atoms with van der Waals surface area (Å²) in [6.45, 7) is 2.84.